The van der Waals surface area contributed by atoms with E-state index in [1.807, 2.05) is 24.3 Å². The molecule has 0 spiro atoms. The lowest BCUT2D eigenvalue weighted by Gasteiger charge is -2.10. The fraction of sp³-hybridized carbons (Fsp3) is 0.186. The zero-order chi connectivity index (χ0) is 43.1. The third kappa shape index (κ3) is 14.0. The highest BCUT2D eigenvalue weighted by Crippen LogP contribution is 2.27. The molecule has 2 aromatic heterocycles. The molecule has 0 saturated carbocycles. The third-order valence-corrected chi connectivity index (χ3v) is 8.09. The van der Waals surface area contributed by atoms with Crippen LogP contribution in [0.4, 0.5) is 39.4 Å². The highest BCUT2D eigenvalue weighted by Gasteiger charge is 2.10. The maximum atomic E-state index is 11.8. The highest BCUT2D eigenvalue weighted by molar-refractivity contribution is 5.89. The number of ether oxygens (including phenoxy) is 2. The van der Waals surface area contributed by atoms with Gasteiger partial charge in [-0.25, -0.2) is 24.7 Å². The number of carbonyl (C=O) groups is 1. The summed E-state index contributed by atoms with van der Waals surface area (Å²) in [7, 11) is 3.06. The van der Waals surface area contributed by atoms with Crippen LogP contribution in [-0.4, -0.2) is 76.7 Å². The first kappa shape index (κ1) is 44.9. The number of nitrogens with zero attached hydrogens (tertiary/aromatic N) is 6. The van der Waals surface area contributed by atoms with E-state index in [0.29, 0.717) is 76.8 Å². The van der Waals surface area contributed by atoms with Gasteiger partial charge in [0.2, 0.25) is 11.9 Å². The Bertz CT molecular complexity index is 2380. The molecule has 0 aliphatic rings. The fourth-order valence-corrected chi connectivity index (χ4v) is 5.08. The number of urea groups is 1. The third-order valence-electron chi connectivity index (χ3n) is 8.09. The molecule has 0 unspecified atom stereocenters. The molecule has 0 atom stereocenters. The van der Waals surface area contributed by atoms with Gasteiger partial charge in [0.15, 0.2) is 0 Å². The summed E-state index contributed by atoms with van der Waals surface area (Å²) in [6, 6.07) is 32.5. The van der Waals surface area contributed by atoms with E-state index in [9.17, 15) is 15.3 Å². The zero-order valence-corrected chi connectivity index (χ0v) is 33.1. The van der Waals surface area contributed by atoms with Gasteiger partial charge in [0.1, 0.15) is 23.6 Å². The average molecular weight is 815 g/mol. The molecule has 6 aromatic rings. The van der Waals surface area contributed by atoms with Crippen molar-refractivity contribution in [3.63, 3.8) is 0 Å². The number of aromatic nitrogens is 4. The lowest BCUT2D eigenvalue weighted by molar-refractivity contribution is 0.249. The second-order valence-electron chi connectivity index (χ2n) is 12.4. The Kier molecular flexibility index (Phi) is 18.0. The van der Waals surface area contributed by atoms with Crippen LogP contribution in [0.1, 0.15) is 26.8 Å². The van der Waals surface area contributed by atoms with Crippen LogP contribution in [0.15, 0.2) is 109 Å². The van der Waals surface area contributed by atoms with E-state index in [1.165, 1.54) is 14.2 Å². The largest absolute Gasteiger partial charge is 0.495 e. The lowest BCUT2D eigenvalue weighted by Crippen LogP contribution is -2.29. The van der Waals surface area contributed by atoms with Crippen LogP contribution in [0.2, 0.25) is 0 Å². The van der Waals surface area contributed by atoms with Crippen LogP contribution in [0.3, 0.4) is 0 Å². The number of amides is 2. The Morgan fingerprint density at radius 1 is 0.700 bits per heavy atom. The van der Waals surface area contributed by atoms with Crippen LogP contribution in [0, 0.1) is 22.7 Å². The van der Waals surface area contributed by atoms with Gasteiger partial charge in [-0.3, -0.25) is 0 Å². The summed E-state index contributed by atoms with van der Waals surface area (Å²) in [5, 5.41) is 46.8. The monoisotopic (exact) mass is 814 g/mol. The van der Waals surface area contributed by atoms with E-state index >= 15 is 0 Å². The number of methoxy groups -OCH3 is 2. The number of aliphatic hydroxyl groups excluding tert-OH is 2. The SMILES string of the molecule is COc1ccc(-c2ccnc(Nc3ccc(N)cc3)n2)cc1C#N.COc1ccc(-c2ccnc(Nc3ccc(NC(=O)NCCCO)cc3)n2)cc1C#N.NCCCO.[HH].[HH]. The van der Waals surface area contributed by atoms with Gasteiger partial charge in [-0.2, -0.15) is 10.5 Å². The molecule has 10 N–H and O–H groups in total. The molecular weight excluding hydrogens is 765 g/mol. The van der Waals surface area contributed by atoms with Crippen LogP contribution in [0.25, 0.3) is 22.5 Å². The number of anilines is 6. The Balaban J connectivity index is 0.000000382. The quantitative estimate of drug-likeness (QED) is 0.0434. The second-order valence-corrected chi connectivity index (χ2v) is 12.4. The van der Waals surface area contributed by atoms with Gasteiger partial charge in [0.05, 0.1) is 36.7 Å². The van der Waals surface area contributed by atoms with Crippen molar-refractivity contribution in [1.29, 1.82) is 10.5 Å². The fourth-order valence-electron chi connectivity index (χ4n) is 5.08. The number of aliphatic hydroxyl groups is 2. The van der Waals surface area contributed by atoms with E-state index in [1.54, 1.807) is 85.2 Å². The van der Waals surface area contributed by atoms with E-state index in [2.05, 4.69) is 53.3 Å². The van der Waals surface area contributed by atoms with Crippen molar-refractivity contribution in [2.24, 2.45) is 5.73 Å². The minimum Gasteiger partial charge on any atom is -0.495 e. The highest BCUT2D eigenvalue weighted by atomic mass is 16.5. The van der Waals surface area contributed by atoms with Crippen molar-refractivity contribution in [1.82, 2.24) is 25.3 Å². The van der Waals surface area contributed by atoms with E-state index in [-0.39, 0.29) is 22.1 Å². The number of nitrogens with two attached hydrogens (primary N) is 2. The van der Waals surface area contributed by atoms with Crippen LogP contribution in [-0.2, 0) is 0 Å². The predicted octanol–water partition coefficient (Wildman–Crippen LogP) is 6.44. The maximum Gasteiger partial charge on any atom is 0.319 e. The standard InChI is InChI=1S/C22H22N6O3.C18H15N5O.C3H9NO.2H2/c1-31-20-8-3-15(13-16(20)14-23)19-9-11-24-21(28-19)26-17-4-6-18(7-5-17)27-22(30)25-10-2-12-29;1-24-17-7-2-12(10-13(17)11-19)16-8-9-21-18(23-16)22-15-5-3-14(20)4-6-15;4-2-1-3-5;;/h3-9,11,13,29H,2,10,12H2,1H3,(H,24,26,28)(H2,25,27,30);2-10H,20H2,1H3,(H,21,22,23);5H,1-4H2;2*1H. The zero-order valence-electron chi connectivity index (χ0n) is 33.1. The second kappa shape index (κ2) is 24.1. The van der Waals surface area contributed by atoms with Gasteiger partial charge in [0, 0.05) is 68.9 Å². The number of benzene rings is 4. The van der Waals surface area contributed by atoms with Gasteiger partial charge in [-0.15, -0.1) is 0 Å². The van der Waals surface area contributed by atoms with Crippen LogP contribution >= 0.6 is 0 Å². The topological polar surface area (TPSA) is 275 Å². The molecule has 0 aliphatic carbocycles. The molecule has 0 fully saturated rings. The first-order chi connectivity index (χ1) is 29.2. The molecule has 312 valence electrons. The summed E-state index contributed by atoms with van der Waals surface area (Å²) in [4.78, 5) is 29.2. The van der Waals surface area contributed by atoms with Crippen molar-refractivity contribution >= 4 is 40.7 Å². The molecule has 17 heteroatoms. The Hall–Kier alpha value is -7.83. The lowest BCUT2D eigenvalue weighted by atomic mass is 10.1. The molecule has 0 radical (unpaired) electrons. The average Bonchev–Trinajstić information content (AvgIpc) is 3.28. The maximum absolute atomic E-state index is 11.8. The smallest absolute Gasteiger partial charge is 0.319 e. The summed E-state index contributed by atoms with van der Waals surface area (Å²) in [6.45, 7) is 1.24. The summed E-state index contributed by atoms with van der Waals surface area (Å²) < 4.78 is 10.3. The van der Waals surface area contributed by atoms with Gasteiger partial charge in [-0.05, 0) is 116 Å². The molecule has 17 nitrogen and oxygen atoms in total. The number of hydrogen-bond donors (Lipinski definition) is 8. The first-order valence-electron chi connectivity index (χ1n) is 18.5. The number of rotatable bonds is 14. The van der Waals surface area contributed by atoms with Crippen LogP contribution in [0.5, 0.6) is 11.5 Å². The van der Waals surface area contributed by atoms with E-state index < -0.39 is 0 Å². The van der Waals surface area contributed by atoms with Crippen LogP contribution < -0.4 is 42.2 Å². The number of nitriles is 2. The summed E-state index contributed by atoms with van der Waals surface area (Å²) in [5.74, 6) is 1.91. The van der Waals surface area contributed by atoms with Crippen molar-refractivity contribution < 1.29 is 27.3 Å². The predicted molar refractivity (Wildman–Crippen MR) is 235 cm³/mol. The van der Waals surface area contributed by atoms with Gasteiger partial charge in [-0.1, -0.05) is 0 Å². The van der Waals surface area contributed by atoms with Gasteiger partial charge < -0.3 is 52.4 Å². The molecule has 2 amide bonds. The van der Waals surface area contributed by atoms with Crippen molar-refractivity contribution in [3.05, 3.63) is 121 Å². The van der Waals surface area contributed by atoms with E-state index in [4.69, 9.17) is 31.2 Å². The van der Waals surface area contributed by atoms with E-state index in [0.717, 1.165) is 28.9 Å². The molecule has 2 heterocycles. The van der Waals surface area contributed by atoms with Gasteiger partial charge >= 0.3 is 6.03 Å². The molecule has 6 rings (SSSR count). The van der Waals surface area contributed by atoms with Crippen molar-refractivity contribution in [3.8, 4) is 46.2 Å². The summed E-state index contributed by atoms with van der Waals surface area (Å²) in [5.41, 5.74) is 17.4. The normalized spacial score (nSPS) is 9.92. The number of carbonyl (C=O) groups excluding carboxylic acids is 1. The molecule has 0 aliphatic heterocycles. The molecule has 0 saturated heterocycles. The Morgan fingerprint density at radius 2 is 1.17 bits per heavy atom. The number of nitrogen functional groups attached to an aromatic ring is 1. The first-order valence-corrected chi connectivity index (χ1v) is 18.5. The number of hydrogen-bond acceptors (Lipinski definition) is 15. The minimum atomic E-state index is -0.332. The molecular formula is C43H50N12O5. The molecule has 4 aromatic carbocycles. The molecule has 0 bridgehead atoms. The van der Waals surface area contributed by atoms with Crippen molar-refractivity contribution in [2.45, 2.75) is 12.8 Å². The Labute approximate surface area is 350 Å². The van der Waals surface area contributed by atoms with Gasteiger partial charge in [0.25, 0.3) is 0 Å². The Morgan fingerprint density at radius 3 is 1.58 bits per heavy atom. The molecule has 60 heavy (non-hydrogen) atoms. The summed E-state index contributed by atoms with van der Waals surface area (Å²) in [6.07, 6.45) is 4.52. The van der Waals surface area contributed by atoms with Crippen molar-refractivity contribution in [2.75, 3.05) is 62.2 Å². The summed E-state index contributed by atoms with van der Waals surface area (Å²) >= 11 is 0. The number of nitrogens with one attached hydrogen (secondary N) is 4. The minimum absolute atomic E-state index is 0.